The number of rotatable bonds is 6. The molecule has 2 N–H and O–H groups in total. The maximum atomic E-state index is 13.4. The minimum absolute atomic E-state index is 0.00733. The van der Waals surface area contributed by atoms with Gasteiger partial charge in [0.2, 0.25) is 5.91 Å². The lowest BCUT2D eigenvalue weighted by Crippen LogP contribution is -2.51. The first kappa shape index (κ1) is 25.2. The van der Waals surface area contributed by atoms with E-state index in [0.29, 0.717) is 45.7 Å². The fourth-order valence-electron chi connectivity index (χ4n) is 5.31. The predicted octanol–water partition coefficient (Wildman–Crippen LogP) is 2.47. The minimum Gasteiger partial charge on any atom is -0.379 e. The Hall–Kier alpha value is -2.94. The van der Waals surface area contributed by atoms with Crippen LogP contribution in [0.4, 0.5) is 10.1 Å². The number of anilines is 1. The van der Waals surface area contributed by atoms with E-state index in [0.717, 1.165) is 35.4 Å². The minimum atomic E-state index is -0.262. The smallest absolute Gasteiger partial charge is 0.272 e. The van der Waals surface area contributed by atoms with Crippen molar-refractivity contribution >= 4 is 23.2 Å². The molecule has 0 saturated carbocycles. The average molecular weight is 486 g/mol. The molecule has 2 amide bonds. The van der Waals surface area contributed by atoms with Gasteiger partial charge in [-0.15, -0.1) is 0 Å². The number of ether oxygens (including phenoxy) is 1. The average Bonchev–Trinajstić information content (AvgIpc) is 3.30. The van der Waals surface area contributed by atoms with Gasteiger partial charge in [-0.3, -0.25) is 15.0 Å². The van der Waals surface area contributed by atoms with E-state index in [1.807, 2.05) is 25.7 Å². The molecule has 0 unspecified atom stereocenters. The molecule has 9 heteroatoms. The zero-order chi connectivity index (χ0) is 25.1. The second-order valence-corrected chi connectivity index (χ2v) is 9.81. The third-order valence-electron chi connectivity index (χ3n) is 7.03. The number of nitrogens with zero attached hydrogens (tertiary/aromatic N) is 3. The molecule has 3 aliphatic rings. The second kappa shape index (κ2) is 10.8. The van der Waals surface area contributed by atoms with E-state index in [2.05, 4.69) is 10.2 Å². The number of hydrogen-bond acceptors (Lipinski definition) is 6. The molecule has 1 aliphatic carbocycles. The maximum absolute atomic E-state index is 13.4. The van der Waals surface area contributed by atoms with Crippen molar-refractivity contribution in [3.63, 3.8) is 0 Å². The maximum Gasteiger partial charge on any atom is 0.272 e. The lowest BCUT2D eigenvalue weighted by molar-refractivity contribution is -0.136. The molecule has 0 bridgehead atoms. The van der Waals surface area contributed by atoms with E-state index < -0.39 is 0 Å². The zero-order valence-corrected chi connectivity index (χ0v) is 20.9. The molecule has 2 heterocycles. The van der Waals surface area contributed by atoms with Crippen LogP contribution in [0.5, 0.6) is 0 Å². The number of allylic oxidation sites excluding steroid dienone is 1. The highest BCUT2D eigenvalue weighted by molar-refractivity contribution is 6.44. The molecule has 8 nitrogen and oxygen atoms in total. The Labute approximate surface area is 206 Å². The van der Waals surface area contributed by atoms with Crippen LogP contribution < -0.4 is 10.2 Å². The van der Waals surface area contributed by atoms with Gasteiger partial charge in [-0.1, -0.05) is 0 Å². The molecule has 2 aliphatic heterocycles. The number of piperazine rings is 1. The quantitative estimate of drug-likeness (QED) is 0.605. The number of aryl methyl sites for hydroxylation is 1. The van der Waals surface area contributed by atoms with E-state index in [1.54, 1.807) is 11.0 Å². The first-order valence-corrected chi connectivity index (χ1v) is 12.5. The highest BCUT2D eigenvalue weighted by Gasteiger charge is 2.31. The van der Waals surface area contributed by atoms with Crippen molar-refractivity contribution in [3.05, 3.63) is 40.8 Å². The predicted molar refractivity (Wildman–Crippen MR) is 133 cm³/mol. The fourth-order valence-corrected chi connectivity index (χ4v) is 5.31. The number of carbonyl (C=O) groups excluding carboxylic acids is 2. The molecule has 1 aromatic carbocycles. The topological polar surface area (TPSA) is 89.0 Å². The van der Waals surface area contributed by atoms with E-state index in [-0.39, 0.29) is 42.1 Å². The van der Waals surface area contributed by atoms with Gasteiger partial charge < -0.3 is 24.8 Å². The molecule has 190 valence electrons. The van der Waals surface area contributed by atoms with Crippen LogP contribution in [0, 0.1) is 18.2 Å². The van der Waals surface area contributed by atoms with Crippen molar-refractivity contribution in [2.75, 3.05) is 50.7 Å². The Morgan fingerprint density at radius 1 is 1.09 bits per heavy atom. The molecular weight excluding hydrogens is 449 g/mol. The van der Waals surface area contributed by atoms with Gasteiger partial charge in [0.15, 0.2) is 0 Å². The molecule has 0 radical (unpaired) electrons. The third kappa shape index (κ3) is 5.83. The van der Waals surface area contributed by atoms with E-state index >= 15 is 0 Å². The number of benzene rings is 1. The van der Waals surface area contributed by atoms with E-state index in [1.165, 1.54) is 12.1 Å². The Morgan fingerprint density at radius 2 is 1.77 bits per heavy atom. The van der Waals surface area contributed by atoms with Crippen LogP contribution in [-0.4, -0.2) is 85.3 Å². The molecule has 35 heavy (non-hydrogen) atoms. The van der Waals surface area contributed by atoms with Gasteiger partial charge in [0.1, 0.15) is 11.5 Å². The van der Waals surface area contributed by atoms with Crippen LogP contribution >= 0.6 is 0 Å². The van der Waals surface area contributed by atoms with Crippen LogP contribution in [0.15, 0.2) is 29.5 Å². The van der Waals surface area contributed by atoms with Crippen molar-refractivity contribution in [2.45, 2.75) is 52.2 Å². The van der Waals surface area contributed by atoms with Gasteiger partial charge in [0.25, 0.3) is 5.91 Å². The summed E-state index contributed by atoms with van der Waals surface area (Å²) < 4.78 is 19.1. The molecular formula is C26H36FN5O3. The lowest BCUT2D eigenvalue weighted by atomic mass is 10.1. The van der Waals surface area contributed by atoms with E-state index in [9.17, 15) is 14.0 Å². The summed E-state index contributed by atoms with van der Waals surface area (Å²) in [7, 11) is 0. The lowest BCUT2D eigenvalue weighted by Gasteiger charge is -2.37. The third-order valence-corrected chi connectivity index (χ3v) is 7.03. The zero-order valence-electron chi connectivity index (χ0n) is 20.9. The monoisotopic (exact) mass is 485 g/mol. The van der Waals surface area contributed by atoms with Gasteiger partial charge in [0, 0.05) is 56.2 Å². The Morgan fingerprint density at radius 3 is 2.43 bits per heavy atom. The highest BCUT2D eigenvalue weighted by Crippen LogP contribution is 2.26. The standard InChI is InChI=1S/C26H36FN5O3/c1-17-13-20(27)7-8-23(17)30-9-11-31(12-10-30)24(33)14-29-22-6-4-5-21(22)25(28)26(34)32-15-18(2)35-19(3)16-32/h7-8,13,18-19,28-29H,4-6,9-12,14-16H2,1-3H3/t18-,19+. The summed E-state index contributed by atoms with van der Waals surface area (Å²) in [4.78, 5) is 31.6. The van der Waals surface area contributed by atoms with Gasteiger partial charge in [-0.05, 0) is 63.8 Å². The van der Waals surface area contributed by atoms with Gasteiger partial charge in [0.05, 0.1) is 18.8 Å². The summed E-state index contributed by atoms with van der Waals surface area (Å²) in [5.74, 6) is -0.495. The Kier molecular flexibility index (Phi) is 7.74. The number of carbonyl (C=O) groups is 2. The van der Waals surface area contributed by atoms with Crippen molar-refractivity contribution in [1.29, 1.82) is 5.41 Å². The summed E-state index contributed by atoms with van der Waals surface area (Å²) in [5.41, 5.74) is 3.50. The molecule has 4 rings (SSSR count). The van der Waals surface area contributed by atoms with E-state index in [4.69, 9.17) is 10.1 Å². The van der Waals surface area contributed by atoms with Crippen LogP contribution in [0.3, 0.4) is 0 Å². The number of amides is 2. The summed E-state index contributed by atoms with van der Waals surface area (Å²) in [6.45, 7) is 9.50. The fraction of sp³-hybridized carbons (Fsp3) is 0.577. The Bertz CT molecular complexity index is 1010. The largest absolute Gasteiger partial charge is 0.379 e. The first-order chi connectivity index (χ1) is 16.7. The van der Waals surface area contributed by atoms with Crippen LogP contribution in [-0.2, 0) is 14.3 Å². The number of hydrogen-bond donors (Lipinski definition) is 2. The number of nitrogens with one attached hydrogen (secondary N) is 2. The van der Waals surface area contributed by atoms with Crippen LogP contribution in [0.25, 0.3) is 0 Å². The van der Waals surface area contributed by atoms with Gasteiger partial charge in [-0.25, -0.2) is 4.39 Å². The van der Waals surface area contributed by atoms with Crippen molar-refractivity contribution in [3.8, 4) is 0 Å². The highest BCUT2D eigenvalue weighted by atomic mass is 19.1. The van der Waals surface area contributed by atoms with Crippen molar-refractivity contribution < 1.29 is 18.7 Å². The SMILES string of the molecule is Cc1cc(F)ccc1N1CCN(C(=O)CNC2=C(C(=N)C(=O)N3C[C@@H](C)O[C@@H](C)C3)CCC2)CC1. The number of morpholine rings is 1. The molecule has 2 saturated heterocycles. The van der Waals surface area contributed by atoms with Crippen LogP contribution in [0.1, 0.15) is 38.7 Å². The normalized spacial score (nSPS) is 23.0. The van der Waals surface area contributed by atoms with Gasteiger partial charge >= 0.3 is 0 Å². The van der Waals surface area contributed by atoms with Crippen molar-refractivity contribution in [1.82, 2.24) is 15.1 Å². The molecule has 0 aromatic heterocycles. The molecule has 2 atom stereocenters. The van der Waals surface area contributed by atoms with Gasteiger partial charge in [-0.2, -0.15) is 0 Å². The molecule has 2 fully saturated rings. The summed E-state index contributed by atoms with van der Waals surface area (Å²) in [6.07, 6.45) is 2.19. The summed E-state index contributed by atoms with van der Waals surface area (Å²) >= 11 is 0. The Balaban J connectivity index is 1.31. The van der Waals surface area contributed by atoms with Crippen molar-refractivity contribution in [2.24, 2.45) is 0 Å². The molecule has 0 spiro atoms. The van der Waals surface area contributed by atoms with Crippen LogP contribution in [0.2, 0.25) is 0 Å². The number of halogens is 1. The summed E-state index contributed by atoms with van der Waals surface area (Å²) in [6, 6.07) is 4.80. The summed E-state index contributed by atoms with van der Waals surface area (Å²) in [5, 5.41) is 11.8. The first-order valence-electron chi connectivity index (χ1n) is 12.5. The second-order valence-electron chi connectivity index (χ2n) is 9.81. The molecule has 1 aromatic rings.